The molecular weight excluding hydrogens is 176 g/mol. The number of hydrogen-bond acceptors (Lipinski definition) is 2. The minimum absolute atomic E-state index is 0.0937. The van der Waals surface area contributed by atoms with E-state index in [1.54, 1.807) is 12.1 Å². The third-order valence-electron chi connectivity index (χ3n) is 1.94. The normalized spacial score (nSPS) is 10.4. The summed E-state index contributed by atoms with van der Waals surface area (Å²) in [5.74, 6) is 0.0937. The summed E-state index contributed by atoms with van der Waals surface area (Å²) in [4.78, 5) is 21.6. The van der Waals surface area contributed by atoms with E-state index in [0.29, 0.717) is 18.3 Å². The number of ketones is 1. The molecule has 1 rings (SSSR count). The molecule has 2 heteroatoms. The number of carbonyl (C=O) groups excluding carboxylic acids is 2. The molecule has 72 valence electrons. The van der Waals surface area contributed by atoms with Gasteiger partial charge in [0.25, 0.3) is 0 Å². The molecule has 14 heavy (non-hydrogen) atoms. The van der Waals surface area contributed by atoms with Gasteiger partial charge in [0.2, 0.25) is 0 Å². The number of carbonyl (C=O) groups is 2. The van der Waals surface area contributed by atoms with Gasteiger partial charge in [-0.15, -0.1) is 0 Å². The molecule has 0 N–H and O–H groups in total. The molecule has 0 aliphatic heterocycles. The lowest BCUT2D eigenvalue weighted by molar-refractivity contribution is -0.104. The van der Waals surface area contributed by atoms with Gasteiger partial charge in [0.1, 0.15) is 6.29 Å². The largest absolute Gasteiger partial charge is 0.299 e. The Morgan fingerprint density at radius 1 is 1.36 bits per heavy atom. The van der Waals surface area contributed by atoms with Crippen LogP contribution < -0.4 is 0 Å². The SMILES string of the molecule is CCC(=O)c1ccccc1/C=C/C=O. The second-order valence-electron chi connectivity index (χ2n) is 2.86. The van der Waals surface area contributed by atoms with Crippen LogP contribution in [0.5, 0.6) is 0 Å². The van der Waals surface area contributed by atoms with Crippen LogP contribution in [-0.4, -0.2) is 12.1 Å². The highest BCUT2D eigenvalue weighted by Crippen LogP contribution is 2.12. The molecule has 0 aliphatic carbocycles. The molecule has 0 unspecified atom stereocenters. The Balaban J connectivity index is 3.08. The quantitative estimate of drug-likeness (QED) is 0.413. The molecule has 0 aromatic heterocycles. The fourth-order valence-electron chi connectivity index (χ4n) is 1.23. The van der Waals surface area contributed by atoms with E-state index in [9.17, 15) is 9.59 Å². The summed E-state index contributed by atoms with van der Waals surface area (Å²) in [7, 11) is 0. The lowest BCUT2D eigenvalue weighted by Gasteiger charge is -2.01. The zero-order chi connectivity index (χ0) is 10.4. The van der Waals surface area contributed by atoms with Gasteiger partial charge in [-0.3, -0.25) is 9.59 Å². The Morgan fingerprint density at radius 2 is 2.07 bits per heavy atom. The molecule has 0 atom stereocenters. The summed E-state index contributed by atoms with van der Waals surface area (Å²) in [5.41, 5.74) is 1.47. The molecule has 2 nitrogen and oxygen atoms in total. The second-order valence-corrected chi connectivity index (χ2v) is 2.86. The summed E-state index contributed by atoms with van der Waals surface area (Å²) >= 11 is 0. The van der Waals surface area contributed by atoms with E-state index in [1.807, 2.05) is 25.1 Å². The Labute approximate surface area is 83.3 Å². The molecule has 0 saturated heterocycles. The molecule has 0 aliphatic rings. The Hall–Kier alpha value is -1.70. The number of allylic oxidation sites excluding steroid dienone is 1. The van der Waals surface area contributed by atoms with Gasteiger partial charge in [0, 0.05) is 12.0 Å². The molecule has 0 bridgehead atoms. The maximum atomic E-state index is 11.5. The van der Waals surface area contributed by atoms with E-state index < -0.39 is 0 Å². The Kier molecular flexibility index (Phi) is 3.80. The Morgan fingerprint density at radius 3 is 2.71 bits per heavy atom. The van der Waals surface area contributed by atoms with Crippen molar-refractivity contribution in [3.8, 4) is 0 Å². The monoisotopic (exact) mass is 188 g/mol. The van der Waals surface area contributed by atoms with E-state index in [4.69, 9.17) is 0 Å². The van der Waals surface area contributed by atoms with Crippen molar-refractivity contribution < 1.29 is 9.59 Å². The summed E-state index contributed by atoms with van der Waals surface area (Å²) in [6.45, 7) is 1.82. The van der Waals surface area contributed by atoms with E-state index in [1.165, 1.54) is 6.08 Å². The molecule has 0 heterocycles. The number of hydrogen-bond donors (Lipinski definition) is 0. The third kappa shape index (κ3) is 2.39. The van der Waals surface area contributed by atoms with Crippen LogP contribution in [0.4, 0.5) is 0 Å². The van der Waals surface area contributed by atoms with Crippen molar-refractivity contribution >= 4 is 18.1 Å². The minimum atomic E-state index is 0.0937. The lowest BCUT2D eigenvalue weighted by Crippen LogP contribution is -1.98. The van der Waals surface area contributed by atoms with Gasteiger partial charge >= 0.3 is 0 Å². The maximum absolute atomic E-state index is 11.5. The van der Waals surface area contributed by atoms with Gasteiger partial charge in [0.15, 0.2) is 5.78 Å². The molecule has 1 aromatic rings. The maximum Gasteiger partial charge on any atom is 0.163 e. The topological polar surface area (TPSA) is 34.1 Å². The third-order valence-corrected chi connectivity index (χ3v) is 1.94. The fourth-order valence-corrected chi connectivity index (χ4v) is 1.23. The number of benzene rings is 1. The van der Waals surface area contributed by atoms with Gasteiger partial charge in [-0.05, 0) is 11.6 Å². The summed E-state index contributed by atoms with van der Waals surface area (Å²) in [6, 6.07) is 7.26. The van der Waals surface area contributed by atoms with Gasteiger partial charge in [-0.25, -0.2) is 0 Å². The van der Waals surface area contributed by atoms with Crippen molar-refractivity contribution in [1.29, 1.82) is 0 Å². The minimum Gasteiger partial charge on any atom is -0.299 e. The van der Waals surface area contributed by atoms with Crippen LogP contribution in [0.3, 0.4) is 0 Å². The number of rotatable bonds is 4. The zero-order valence-electron chi connectivity index (χ0n) is 8.07. The smallest absolute Gasteiger partial charge is 0.163 e. The van der Waals surface area contributed by atoms with Crippen LogP contribution in [0.2, 0.25) is 0 Å². The Bertz CT molecular complexity index is 364. The van der Waals surface area contributed by atoms with Crippen LogP contribution in [0.25, 0.3) is 6.08 Å². The molecule has 0 fully saturated rings. The average molecular weight is 188 g/mol. The van der Waals surface area contributed by atoms with Crippen LogP contribution in [0.1, 0.15) is 29.3 Å². The standard InChI is InChI=1S/C12H12O2/c1-2-12(14)11-8-4-3-6-10(11)7-5-9-13/h3-9H,2H2,1H3/b7-5+. The van der Waals surface area contributed by atoms with E-state index in [0.717, 1.165) is 5.56 Å². The predicted octanol–water partition coefficient (Wildman–Crippen LogP) is 2.49. The second kappa shape index (κ2) is 5.12. The van der Waals surface area contributed by atoms with Crippen molar-refractivity contribution in [2.45, 2.75) is 13.3 Å². The molecule has 0 radical (unpaired) electrons. The summed E-state index contributed by atoms with van der Waals surface area (Å²) in [5, 5.41) is 0. The van der Waals surface area contributed by atoms with Crippen molar-refractivity contribution in [1.82, 2.24) is 0 Å². The van der Waals surface area contributed by atoms with Gasteiger partial charge in [0.05, 0.1) is 0 Å². The molecule has 1 aromatic carbocycles. The van der Waals surface area contributed by atoms with Crippen LogP contribution in [0, 0.1) is 0 Å². The van der Waals surface area contributed by atoms with Gasteiger partial charge in [-0.1, -0.05) is 37.3 Å². The molecule has 0 spiro atoms. The summed E-state index contributed by atoms with van der Waals surface area (Å²) < 4.78 is 0. The predicted molar refractivity (Wildman–Crippen MR) is 56.2 cm³/mol. The first kappa shape index (κ1) is 10.4. The first-order valence-corrected chi connectivity index (χ1v) is 4.53. The van der Waals surface area contributed by atoms with Crippen molar-refractivity contribution in [2.75, 3.05) is 0 Å². The molecule has 0 amide bonds. The molecular formula is C12H12O2. The van der Waals surface area contributed by atoms with Crippen molar-refractivity contribution in [2.24, 2.45) is 0 Å². The van der Waals surface area contributed by atoms with E-state index in [-0.39, 0.29) is 5.78 Å². The molecule has 0 saturated carbocycles. The first-order chi connectivity index (χ1) is 6.79. The van der Waals surface area contributed by atoms with Crippen LogP contribution >= 0.6 is 0 Å². The van der Waals surface area contributed by atoms with Crippen LogP contribution in [0.15, 0.2) is 30.3 Å². The van der Waals surface area contributed by atoms with Crippen molar-refractivity contribution in [3.05, 3.63) is 41.5 Å². The van der Waals surface area contributed by atoms with E-state index in [2.05, 4.69) is 0 Å². The van der Waals surface area contributed by atoms with E-state index >= 15 is 0 Å². The first-order valence-electron chi connectivity index (χ1n) is 4.53. The van der Waals surface area contributed by atoms with Crippen molar-refractivity contribution in [3.63, 3.8) is 0 Å². The lowest BCUT2D eigenvalue weighted by atomic mass is 10.0. The van der Waals surface area contributed by atoms with Crippen LogP contribution in [-0.2, 0) is 4.79 Å². The number of Topliss-reactive ketones (excluding diaryl/α,β-unsaturated/α-hetero) is 1. The number of aldehydes is 1. The highest BCUT2D eigenvalue weighted by molar-refractivity contribution is 5.99. The van der Waals surface area contributed by atoms with Gasteiger partial charge < -0.3 is 0 Å². The zero-order valence-corrected chi connectivity index (χ0v) is 8.07. The summed E-state index contributed by atoms with van der Waals surface area (Å²) in [6.07, 6.45) is 4.22. The highest BCUT2D eigenvalue weighted by Gasteiger charge is 2.05. The van der Waals surface area contributed by atoms with Gasteiger partial charge in [-0.2, -0.15) is 0 Å². The fraction of sp³-hybridized carbons (Fsp3) is 0.167. The highest BCUT2D eigenvalue weighted by atomic mass is 16.1. The average Bonchev–Trinajstić information content (AvgIpc) is 2.25.